The number of hydrogen-bond donors (Lipinski definition) is 2. The minimum Gasteiger partial charge on any atom is -0.481 e. The van der Waals surface area contributed by atoms with Crippen LogP contribution in [0.2, 0.25) is 0 Å². The smallest absolute Gasteiger partial charge is 0.306 e. The predicted octanol–water partition coefficient (Wildman–Crippen LogP) is 2.49. The van der Waals surface area contributed by atoms with Crippen molar-refractivity contribution in [1.29, 1.82) is 0 Å². The highest BCUT2D eigenvalue weighted by Crippen LogP contribution is 2.29. The van der Waals surface area contributed by atoms with E-state index < -0.39 is 5.97 Å². The fourth-order valence-electron chi connectivity index (χ4n) is 2.29. The van der Waals surface area contributed by atoms with Gasteiger partial charge in [0.15, 0.2) is 0 Å². The molecule has 0 unspecified atom stereocenters. The number of carboxylic acids is 1. The number of carbonyl (C=O) groups excluding carboxylic acids is 1. The highest BCUT2D eigenvalue weighted by molar-refractivity contribution is 7.20. The molecule has 19 heavy (non-hydrogen) atoms. The molecule has 1 heterocycles. The summed E-state index contributed by atoms with van der Waals surface area (Å²) in [4.78, 5) is 23.4. The molecule has 98 valence electrons. The zero-order chi connectivity index (χ0) is 13.4. The van der Waals surface area contributed by atoms with Crippen LogP contribution >= 0.6 is 11.3 Å². The van der Waals surface area contributed by atoms with Gasteiger partial charge in [-0.2, -0.15) is 0 Å². The molecule has 0 aliphatic heterocycles. The Balaban J connectivity index is 1.66. The van der Waals surface area contributed by atoms with Crippen molar-refractivity contribution < 1.29 is 14.7 Å². The zero-order valence-corrected chi connectivity index (χ0v) is 10.9. The van der Waals surface area contributed by atoms with Gasteiger partial charge < -0.3 is 10.4 Å². The molecular weight excluding hydrogens is 262 g/mol. The van der Waals surface area contributed by atoms with Gasteiger partial charge in [-0.3, -0.25) is 9.59 Å². The maximum absolute atomic E-state index is 12.0. The highest BCUT2D eigenvalue weighted by atomic mass is 32.1. The number of aliphatic carboxylic acids is 1. The van der Waals surface area contributed by atoms with Gasteiger partial charge in [0.25, 0.3) is 5.91 Å². The van der Waals surface area contributed by atoms with Crippen LogP contribution < -0.4 is 5.32 Å². The molecule has 2 aromatic rings. The van der Waals surface area contributed by atoms with Gasteiger partial charge in [0.1, 0.15) is 0 Å². The maximum Gasteiger partial charge on any atom is 0.306 e. The monoisotopic (exact) mass is 275 g/mol. The van der Waals surface area contributed by atoms with E-state index in [4.69, 9.17) is 5.11 Å². The first kappa shape index (κ1) is 12.2. The normalized spacial score (nSPS) is 21.9. The Hall–Kier alpha value is -1.88. The molecule has 0 saturated heterocycles. The summed E-state index contributed by atoms with van der Waals surface area (Å²) in [5.41, 5.74) is 0. The lowest BCUT2D eigenvalue weighted by atomic mass is 9.80. The summed E-state index contributed by atoms with van der Waals surface area (Å²) in [6.07, 6.45) is 1.07. The zero-order valence-electron chi connectivity index (χ0n) is 10.1. The number of hydrogen-bond acceptors (Lipinski definition) is 3. The molecule has 2 N–H and O–H groups in total. The second kappa shape index (κ2) is 4.66. The fourth-order valence-corrected chi connectivity index (χ4v) is 3.25. The average molecular weight is 275 g/mol. The van der Waals surface area contributed by atoms with Gasteiger partial charge in [-0.25, -0.2) is 0 Å². The van der Waals surface area contributed by atoms with Crippen molar-refractivity contribution in [3.63, 3.8) is 0 Å². The minimum absolute atomic E-state index is 0.00110. The van der Waals surface area contributed by atoms with E-state index in [2.05, 4.69) is 5.32 Å². The van der Waals surface area contributed by atoms with Crippen molar-refractivity contribution in [2.24, 2.45) is 5.92 Å². The molecule has 1 saturated carbocycles. The number of carbonyl (C=O) groups is 2. The van der Waals surface area contributed by atoms with E-state index in [-0.39, 0.29) is 17.9 Å². The third-order valence-corrected chi connectivity index (χ3v) is 4.59. The molecular formula is C14H13NO3S. The number of fused-ring (bicyclic) bond motifs is 1. The quantitative estimate of drug-likeness (QED) is 0.904. The van der Waals surface area contributed by atoms with Crippen LogP contribution in [0.15, 0.2) is 30.3 Å². The predicted molar refractivity (Wildman–Crippen MR) is 73.4 cm³/mol. The topological polar surface area (TPSA) is 66.4 Å². The van der Waals surface area contributed by atoms with Crippen LogP contribution in [0.3, 0.4) is 0 Å². The average Bonchev–Trinajstić information content (AvgIpc) is 2.76. The molecule has 3 rings (SSSR count). The largest absolute Gasteiger partial charge is 0.481 e. The van der Waals surface area contributed by atoms with E-state index >= 15 is 0 Å². The van der Waals surface area contributed by atoms with E-state index in [9.17, 15) is 9.59 Å². The van der Waals surface area contributed by atoms with Gasteiger partial charge in [-0.15, -0.1) is 11.3 Å². The Morgan fingerprint density at radius 2 is 2.00 bits per heavy atom. The van der Waals surface area contributed by atoms with Gasteiger partial charge in [0, 0.05) is 10.7 Å². The van der Waals surface area contributed by atoms with Crippen molar-refractivity contribution in [2.45, 2.75) is 18.9 Å². The summed E-state index contributed by atoms with van der Waals surface area (Å²) in [6, 6.07) is 9.73. The molecule has 1 aliphatic rings. The van der Waals surface area contributed by atoms with E-state index in [1.807, 2.05) is 30.3 Å². The van der Waals surface area contributed by atoms with Gasteiger partial charge in [-0.1, -0.05) is 18.2 Å². The Labute approximate surface area is 114 Å². The molecule has 1 aliphatic carbocycles. The number of carboxylic acid groups (broad SMARTS) is 1. The summed E-state index contributed by atoms with van der Waals surface area (Å²) >= 11 is 1.46. The minimum atomic E-state index is -0.771. The Morgan fingerprint density at radius 3 is 2.68 bits per heavy atom. The van der Waals surface area contributed by atoms with Crippen LogP contribution in [-0.4, -0.2) is 23.0 Å². The Kier molecular flexibility index (Phi) is 2.98. The maximum atomic E-state index is 12.0. The van der Waals surface area contributed by atoms with E-state index in [1.165, 1.54) is 11.3 Å². The van der Waals surface area contributed by atoms with Crippen LogP contribution in [-0.2, 0) is 4.79 Å². The van der Waals surface area contributed by atoms with Crippen molar-refractivity contribution in [3.05, 3.63) is 35.2 Å². The number of nitrogens with one attached hydrogen (secondary N) is 1. The van der Waals surface area contributed by atoms with Crippen LogP contribution in [0, 0.1) is 5.92 Å². The van der Waals surface area contributed by atoms with Crippen molar-refractivity contribution >= 4 is 33.3 Å². The lowest BCUT2D eigenvalue weighted by Crippen LogP contribution is -2.46. The number of rotatable bonds is 3. The lowest BCUT2D eigenvalue weighted by Gasteiger charge is -2.32. The lowest BCUT2D eigenvalue weighted by molar-refractivity contribution is -0.145. The molecule has 0 radical (unpaired) electrons. The number of thiophene rings is 1. The van der Waals surface area contributed by atoms with Crippen molar-refractivity contribution in [3.8, 4) is 0 Å². The second-order valence-electron chi connectivity index (χ2n) is 4.83. The standard InChI is InChI=1S/C14H13NO3S/c16-13(15-10-5-9(6-10)14(17)18)12-7-8-3-1-2-4-11(8)19-12/h1-4,7,9-10H,5-6H2,(H,15,16)(H,17,18). The van der Waals surface area contributed by atoms with Crippen molar-refractivity contribution in [2.75, 3.05) is 0 Å². The summed E-state index contributed by atoms with van der Waals surface area (Å²) in [5.74, 6) is -1.17. The number of benzene rings is 1. The van der Waals surface area contributed by atoms with Gasteiger partial charge in [0.05, 0.1) is 10.8 Å². The highest BCUT2D eigenvalue weighted by Gasteiger charge is 2.35. The molecule has 0 atom stereocenters. The van der Waals surface area contributed by atoms with Gasteiger partial charge >= 0.3 is 5.97 Å². The first-order valence-electron chi connectivity index (χ1n) is 6.16. The second-order valence-corrected chi connectivity index (χ2v) is 5.91. The summed E-state index contributed by atoms with van der Waals surface area (Å²) in [5, 5.41) is 12.7. The van der Waals surface area contributed by atoms with E-state index in [0.29, 0.717) is 17.7 Å². The molecule has 0 spiro atoms. The number of amides is 1. The summed E-state index contributed by atoms with van der Waals surface area (Å²) in [6.45, 7) is 0. The Bertz CT molecular complexity index is 610. The SMILES string of the molecule is O=C(NC1CC(C(=O)O)C1)c1cc2ccccc2s1. The molecule has 5 heteroatoms. The molecule has 1 aromatic heterocycles. The van der Waals surface area contributed by atoms with E-state index in [0.717, 1.165) is 10.1 Å². The summed E-state index contributed by atoms with van der Waals surface area (Å²) < 4.78 is 1.09. The van der Waals surface area contributed by atoms with Gasteiger partial charge in [0.2, 0.25) is 0 Å². The van der Waals surface area contributed by atoms with Crippen LogP contribution in [0.4, 0.5) is 0 Å². The van der Waals surface area contributed by atoms with Crippen molar-refractivity contribution in [1.82, 2.24) is 5.32 Å². The molecule has 0 bridgehead atoms. The Morgan fingerprint density at radius 1 is 1.26 bits per heavy atom. The third kappa shape index (κ3) is 2.33. The van der Waals surface area contributed by atoms with Crippen LogP contribution in [0.5, 0.6) is 0 Å². The van der Waals surface area contributed by atoms with Gasteiger partial charge in [-0.05, 0) is 30.4 Å². The molecule has 1 amide bonds. The first-order valence-corrected chi connectivity index (χ1v) is 6.97. The van der Waals surface area contributed by atoms with Crippen LogP contribution in [0.25, 0.3) is 10.1 Å². The third-order valence-electron chi connectivity index (χ3n) is 3.47. The first-order chi connectivity index (χ1) is 9.13. The summed E-state index contributed by atoms with van der Waals surface area (Å²) in [7, 11) is 0. The molecule has 4 nitrogen and oxygen atoms in total. The molecule has 1 fully saturated rings. The fraction of sp³-hybridized carbons (Fsp3) is 0.286. The van der Waals surface area contributed by atoms with Crippen LogP contribution in [0.1, 0.15) is 22.5 Å². The molecule has 1 aromatic carbocycles. The van der Waals surface area contributed by atoms with E-state index in [1.54, 1.807) is 0 Å².